The fraction of sp³-hybridized carbons (Fsp3) is 0.556. The van der Waals surface area contributed by atoms with Gasteiger partial charge in [-0.3, -0.25) is 9.48 Å². The van der Waals surface area contributed by atoms with Gasteiger partial charge in [0.15, 0.2) is 5.78 Å². The maximum absolute atomic E-state index is 11.2. The number of aromatic nitrogens is 2. The van der Waals surface area contributed by atoms with E-state index >= 15 is 0 Å². The summed E-state index contributed by atoms with van der Waals surface area (Å²) < 4.78 is 6.82. The standard InChI is InChI=1S/C9H14N2O2/c1-6-8(5-10-11(6)3)9(13-4)7(2)12/h5,9H,1-4H3. The van der Waals surface area contributed by atoms with Gasteiger partial charge in [0.2, 0.25) is 0 Å². The summed E-state index contributed by atoms with van der Waals surface area (Å²) in [7, 11) is 3.37. The molecule has 0 bridgehead atoms. The van der Waals surface area contributed by atoms with Crippen LogP contribution in [0.15, 0.2) is 6.20 Å². The van der Waals surface area contributed by atoms with Crippen LogP contribution in [0.1, 0.15) is 24.3 Å². The third-order valence-corrected chi connectivity index (χ3v) is 2.16. The van der Waals surface area contributed by atoms with Crippen LogP contribution in [0.2, 0.25) is 0 Å². The Morgan fingerprint density at radius 1 is 1.69 bits per heavy atom. The van der Waals surface area contributed by atoms with Crippen molar-refractivity contribution in [3.63, 3.8) is 0 Å². The number of hydrogen-bond donors (Lipinski definition) is 0. The van der Waals surface area contributed by atoms with E-state index in [1.54, 1.807) is 10.9 Å². The molecule has 0 spiro atoms. The van der Waals surface area contributed by atoms with Gasteiger partial charge >= 0.3 is 0 Å². The predicted molar refractivity (Wildman–Crippen MR) is 48.4 cm³/mol. The highest BCUT2D eigenvalue weighted by Gasteiger charge is 2.19. The normalized spacial score (nSPS) is 12.9. The third kappa shape index (κ3) is 1.78. The van der Waals surface area contributed by atoms with Crippen molar-refractivity contribution in [3.8, 4) is 0 Å². The lowest BCUT2D eigenvalue weighted by Crippen LogP contribution is -2.11. The lowest BCUT2D eigenvalue weighted by atomic mass is 10.1. The van der Waals surface area contributed by atoms with Gasteiger partial charge in [-0.05, 0) is 13.8 Å². The van der Waals surface area contributed by atoms with E-state index in [4.69, 9.17) is 4.74 Å². The minimum absolute atomic E-state index is 0.00130. The molecule has 4 nitrogen and oxygen atoms in total. The Morgan fingerprint density at radius 2 is 2.31 bits per heavy atom. The summed E-state index contributed by atoms with van der Waals surface area (Å²) in [5, 5.41) is 4.05. The van der Waals surface area contributed by atoms with Gasteiger partial charge < -0.3 is 4.74 Å². The summed E-state index contributed by atoms with van der Waals surface area (Å²) in [5.74, 6) is -0.00130. The summed E-state index contributed by atoms with van der Waals surface area (Å²) in [4.78, 5) is 11.2. The zero-order chi connectivity index (χ0) is 10.0. The second-order valence-electron chi connectivity index (χ2n) is 3.04. The summed E-state index contributed by atoms with van der Waals surface area (Å²) in [6, 6.07) is 0. The summed E-state index contributed by atoms with van der Waals surface area (Å²) in [6.45, 7) is 3.43. The lowest BCUT2D eigenvalue weighted by Gasteiger charge is -2.10. The zero-order valence-corrected chi connectivity index (χ0v) is 8.37. The van der Waals surface area contributed by atoms with Gasteiger partial charge in [-0.15, -0.1) is 0 Å². The maximum atomic E-state index is 11.2. The second-order valence-corrected chi connectivity index (χ2v) is 3.04. The Kier molecular flexibility index (Phi) is 2.83. The van der Waals surface area contributed by atoms with Crippen LogP contribution in [0.5, 0.6) is 0 Å². The van der Waals surface area contributed by atoms with Crippen molar-refractivity contribution < 1.29 is 9.53 Å². The molecular formula is C9H14N2O2. The summed E-state index contributed by atoms with van der Waals surface area (Å²) >= 11 is 0. The third-order valence-electron chi connectivity index (χ3n) is 2.16. The quantitative estimate of drug-likeness (QED) is 0.700. The molecule has 1 unspecified atom stereocenters. The minimum Gasteiger partial charge on any atom is -0.369 e. The fourth-order valence-electron chi connectivity index (χ4n) is 1.28. The Balaban J connectivity index is 3.05. The molecule has 0 aliphatic carbocycles. The van der Waals surface area contributed by atoms with E-state index in [0.717, 1.165) is 11.3 Å². The van der Waals surface area contributed by atoms with Crippen LogP contribution < -0.4 is 0 Å². The first-order valence-electron chi connectivity index (χ1n) is 4.09. The van der Waals surface area contributed by atoms with Crippen molar-refractivity contribution in [1.82, 2.24) is 9.78 Å². The number of hydrogen-bond acceptors (Lipinski definition) is 3. The summed E-state index contributed by atoms with van der Waals surface area (Å²) in [6.07, 6.45) is 1.19. The molecule has 1 aromatic rings. The van der Waals surface area contributed by atoms with E-state index < -0.39 is 6.10 Å². The van der Waals surface area contributed by atoms with E-state index in [-0.39, 0.29) is 5.78 Å². The van der Waals surface area contributed by atoms with Crippen molar-refractivity contribution in [3.05, 3.63) is 17.5 Å². The van der Waals surface area contributed by atoms with E-state index in [9.17, 15) is 4.79 Å². The molecule has 0 saturated carbocycles. The van der Waals surface area contributed by atoms with E-state index in [2.05, 4.69) is 5.10 Å². The van der Waals surface area contributed by atoms with Gasteiger partial charge in [-0.1, -0.05) is 0 Å². The first-order valence-corrected chi connectivity index (χ1v) is 4.09. The molecule has 1 atom stereocenters. The van der Waals surface area contributed by atoms with Crippen molar-refractivity contribution in [2.45, 2.75) is 20.0 Å². The van der Waals surface area contributed by atoms with Gasteiger partial charge in [-0.2, -0.15) is 5.10 Å². The molecule has 1 aromatic heterocycles. The Morgan fingerprint density at radius 3 is 2.62 bits per heavy atom. The van der Waals surface area contributed by atoms with E-state index in [1.165, 1.54) is 14.0 Å². The topological polar surface area (TPSA) is 44.1 Å². The van der Waals surface area contributed by atoms with Crippen LogP contribution in [-0.2, 0) is 16.6 Å². The molecular weight excluding hydrogens is 168 g/mol. The Bertz CT molecular complexity index is 317. The van der Waals surface area contributed by atoms with Crippen LogP contribution in [0.25, 0.3) is 0 Å². The molecule has 0 N–H and O–H groups in total. The molecule has 0 aliphatic heterocycles. The summed E-state index contributed by atoms with van der Waals surface area (Å²) in [5.41, 5.74) is 1.81. The number of Topliss-reactive ketones (excluding diaryl/α,β-unsaturated/α-hetero) is 1. The molecule has 1 rings (SSSR count). The van der Waals surface area contributed by atoms with E-state index in [1.807, 2.05) is 14.0 Å². The molecule has 13 heavy (non-hydrogen) atoms. The molecule has 0 amide bonds. The largest absolute Gasteiger partial charge is 0.369 e. The highest BCUT2D eigenvalue weighted by molar-refractivity contribution is 5.82. The molecule has 4 heteroatoms. The van der Waals surface area contributed by atoms with Crippen LogP contribution in [0.3, 0.4) is 0 Å². The SMILES string of the molecule is COC(C(C)=O)c1cnn(C)c1C. The molecule has 72 valence electrons. The number of ether oxygens (including phenoxy) is 1. The van der Waals surface area contributed by atoms with Crippen molar-refractivity contribution in [2.75, 3.05) is 7.11 Å². The van der Waals surface area contributed by atoms with Crippen molar-refractivity contribution >= 4 is 5.78 Å². The lowest BCUT2D eigenvalue weighted by molar-refractivity contribution is -0.126. The number of nitrogens with zero attached hydrogens (tertiary/aromatic N) is 2. The number of aryl methyl sites for hydroxylation is 1. The zero-order valence-electron chi connectivity index (χ0n) is 8.37. The van der Waals surface area contributed by atoms with Crippen LogP contribution in [0.4, 0.5) is 0 Å². The number of carbonyl (C=O) groups excluding carboxylic acids is 1. The monoisotopic (exact) mass is 182 g/mol. The van der Waals surface area contributed by atoms with E-state index in [0.29, 0.717) is 0 Å². The molecule has 0 aromatic carbocycles. The minimum atomic E-state index is -0.478. The average Bonchev–Trinajstić information content (AvgIpc) is 2.37. The average molecular weight is 182 g/mol. The first kappa shape index (κ1) is 9.92. The Labute approximate surface area is 77.5 Å². The smallest absolute Gasteiger partial charge is 0.163 e. The second kappa shape index (κ2) is 3.70. The number of ketones is 1. The van der Waals surface area contributed by atoms with Gasteiger partial charge in [0, 0.05) is 25.4 Å². The molecule has 1 heterocycles. The number of carbonyl (C=O) groups is 1. The van der Waals surface area contributed by atoms with Gasteiger partial charge in [0.1, 0.15) is 6.10 Å². The van der Waals surface area contributed by atoms with Crippen LogP contribution >= 0.6 is 0 Å². The molecule has 0 saturated heterocycles. The molecule has 0 radical (unpaired) electrons. The highest BCUT2D eigenvalue weighted by Crippen LogP contribution is 2.20. The van der Waals surface area contributed by atoms with Crippen LogP contribution in [0, 0.1) is 6.92 Å². The highest BCUT2D eigenvalue weighted by atomic mass is 16.5. The van der Waals surface area contributed by atoms with Gasteiger partial charge in [0.05, 0.1) is 6.20 Å². The Hall–Kier alpha value is -1.16. The van der Waals surface area contributed by atoms with Crippen LogP contribution in [-0.4, -0.2) is 22.7 Å². The van der Waals surface area contributed by atoms with Gasteiger partial charge in [-0.25, -0.2) is 0 Å². The van der Waals surface area contributed by atoms with Crippen molar-refractivity contribution in [2.24, 2.45) is 7.05 Å². The van der Waals surface area contributed by atoms with Crippen molar-refractivity contribution in [1.29, 1.82) is 0 Å². The fourth-order valence-corrected chi connectivity index (χ4v) is 1.28. The van der Waals surface area contributed by atoms with Gasteiger partial charge in [0.25, 0.3) is 0 Å². The maximum Gasteiger partial charge on any atom is 0.163 e. The molecule has 0 aliphatic rings. The first-order chi connectivity index (χ1) is 6.07. The number of methoxy groups -OCH3 is 1. The molecule has 0 fully saturated rings. The predicted octanol–water partition coefficient (Wildman–Crippen LogP) is 1.01. The number of rotatable bonds is 3.